The molecule has 1 N–H and O–H groups in total. The molecule has 0 spiro atoms. The van der Waals surface area contributed by atoms with Gasteiger partial charge in [-0.3, -0.25) is 14.9 Å². The molecule has 1 aromatic carbocycles. The molecule has 3 aliphatic heterocycles. The van der Waals surface area contributed by atoms with E-state index in [-0.39, 0.29) is 40.3 Å². The number of allylic oxidation sites excluding steroid dienone is 3. The van der Waals surface area contributed by atoms with Gasteiger partial charge < -0.3 is 33.5 Å². The van der Waals surface area contributed by atoms with Crippen LogP contribution in [0.25, 0.3) is 0 Å². The second-order valence-corrected chi connectivity index (χ2v) is 17.1. The Morgan fingerprint density at radius 1 is 1.25 bits per heavy atom. The summed E-state index contributed by atoms with van der Waals surface area (Å²) >= 11 is 8.45. The Morgan fingerprint density at radius 3 is 2.58 bits per heavy atom. The van der Waals surface area contributed by atoms with Crippen LogP contribution in [-0.2, 0) is 39.8 Å². The predicted octanol–water partition coefficient (Wildman–Crippen LogP) is 6.47. The first kappa shape index (κ1) is 42.5. The van der Waals surface area contributed by atoms with Crippen LogP contribution in [0.4, 0.5) is 10.5 Å². The number of esters is 1. The minimum Gasteiger partial charge on any atom is -0.495 e. The molecule has 2 fully saturated rings. The first-order valence-electron chi connectivity index (χ1n) is 18.0. The molecule has 0 aliphatic carbocycles. The molecule has 0 radical (unpaired) electrons. The van der Waals surface area contributed by atoms with E-state index in [2.05, 4.69) is 19.2 Å². The van der Waals surface area contributed by atoms with Gasteiger partial charge in [-0.2, -0.15) is 11.8 Å². The van der Waals surface area contributed by atoms with E-state index in [1.165, 1.54) is 16.9 Å². The van der Waals surface area contributed by atoms with Gasteiger partial charge in [-0.15, -0.1) is 0 Å². The zero-order valence-corrected chi connectivity index (χ0v) is 34.4. The van der Waals surface area contributed by atoms with Crippen LogP contribution in [0, 0.1) is 5.92 Å². The number of halogens is 1. The lowest BCUT2D eigenvalue weighted by molar-refractivity contribution is -0.162. The van der Waals surface area contributed by atoms with Crippen LogP contribution in [0.15, 0.2) is 35.9 Å². The molecular formula is C39H56ClN3O9S. The second kappa shape index (κ2) is 17.0. The fraction of sp³-hybridized carbons (Fsp3) is 0.641. The number of hydrogen-bond acceptors (Lipinski definition) is 10. The van der Waals surface area contributed by atoms with Crippen LogP contribution in [0.1, 0.15) is 79.2 Å². The van der Waals surface area contributed by atoms with Crippen molar-refractivity contribution in [3.05, 3.63) is 46.5 Å². The zero-order valence-electron chi connectivity index (χ0n) is 32.9. The van der Waals surface area contributed by atoms with Crippen molar-refractivity contribution in [1.29, 1.82) is 0 Å². The van der Waals surface area contributed by atoms with Crippen molar-refractivity contribution in [1.82, 2.24) is 10.2 Å². The number of fused-ring (bicyclic) bond motifs is 5. The fourth-order valence-corrected chi connectivity index (χ4v) is 7.45. The maximum absolute atomic E-state index is 14.2. The number of methoxy groups -OCH3 is 2. The number of nitrogens with zero attached hydrogens (tertiary/aromatic N) is 2. The van der Waals surface area contributed by atoms with Crippen LogP contribution in [0.3, 0.4) is 0 Å². The van der Waals surface area contributed by atoms with E-state index < -0.39 is 47.7 Å². The number of amides is 3. The Bertz CT molecular complexity index is 1620. The van der Waals surface area contributed by atoms with E-state index in [1.54, 1.807) is 46.8 Å². The normalized spacial score (nSPS) is 30.1. The number of alkyl carbamates (subject to hydrolysis) is 1. The molecule has 0 aromatic heterocycles. The van der Waals surface area contributed by atoms with E-state index in [1.807, 2.05) is 50.5 Å². The van der Waals surface area contributed by atoms with Crippen molar-refractivity contribution < 1.29 is 42.9 Å². The third-order valence-electron chi connectivity index (χ3n) is 11.0. The average Bonchev–Trinajstić information content (AvgIpc) is 3.82. The van der Waals surface area contributed by atoms with Crippen molar-refractivity contribution in [3.8, 4) is 5.75 Å². The van der Waals surface area contributed by atoms with Gasteiger partial charge in [0.1, 0.15) is 40.3 Å². The smallest absolute Gasteiger partial charge is 0.409 e. The van der Waals surface area contributed by atoms with Crippen molar-refractivity contribution in [2.24, 2.45) is 5.92 Å². The number of rotatable bonds is 9. The van der Waals surface area contributed by atoms with Gasteiger partial charge in [0, 0.05) is 51.1 Å². The molecule has 3 aliphatic rings. The van der Waals surface area contributed by atoms with E-state index in [9.17, 15) is 19.2 Å². The molecule has 7 atom stereocenters. The lowest BCUT2D eigenvalue weighted by Crippen LogP contribution is -2.58. The Hall–Kier alpha value is -3.26. The van der Waals surface area contributed by atoms with Gasteiger partial charge in [0.25, 0.3) is 0 Å². The predicted molar refractivity (Wildman–Crippen MR) is 206 cm³/mol. The average molecular weight is 778 g/mol. The zero-order chi connectivity index (χ0) is 39.5. The molecule has 53 heavy (non-hydrogen) atoms. The quantitative estimate of drug-likeness (QED) is 0.220. The summed E-state index contributed by atoms with van der Waals surface area (Å²) in [5.41, 5.74) is 0.174. The van der Waals surface area contributed by atoms with E-state index in [0.717, 1.165) is 11.1 Å². The lowest BCUT2D eigenvalue weighted by Gasteiger charge is -2.41. The molecule has 3 amide bonds. The van der Waals surface area contributed by atoms with Crippen LogP contribution >= 0.6 is 23.4 Å². The van der Waals surface area contributed by atoms with Gasteiger partial charge in [-0.1, -0.05) is 56.2 Å². The number of epoxide rings is 1. The largest absolute Gasteiger partial charge is 0.495 e. The van der Waals surface area contributed by atoms with Gasteiger partial charge >= 0.3 is 12.1 Å². The molecule has 1 unspecified atom stereocenters. The second-order valence-electron chi connectivity index (χ2n) is 15.2. The molecule has 2 saturated heterocycles. The summed E-state index contributed by atoms with van der Waals surface area (Å²) in [6, 6.07) is 2.74. The summed E-state index contributed by atoms with van der Waals surface area (Å²) in [5, 5.41) is 3.12. The topological polar surface area (TPSA) is 136 Å². The van der Waals surface area contributed by atoms with Gasteiger partial charge in [0.2, 0.25) is 11.8 Å². The number of thioether (sulfide) groups is 1. The minimum atomic E-state index is -1.13. The SMILES string of the molecule is COc1cc2cc(c1Cl)N(C)C(=O)CC(OC(=O)[C@H](C)N(C)C(=O)CCC(C)(C)SC)[C@]1(C)O[C@H]1[C@H](C)[C@@H]1C[C@](OC)(C/C=C/C=C(\C)C2)NC(=O)O1. The van der Waals surface area contributed by atoms with Crippen molar-refractivity contribution >= 4 is 52.9 Å². The molecule has 3 heterocycles. The molecule has 4 rings (SSSR count). The highest BCUT2D eigenvalue weighted by molar-refractivity contribution is 7.99. The standard InChI is InChI=1S/C39H56ClN3O9S/c1-23-14-12-13-16-39(49-10)22-29(50-36(47)41-39)24(2)34-38(6,52-34)30(51-35(46)25(3)42(7)31(44)15-17-37(4,5)53-11)21-32(45)43(8)27-19-26(18-23)20-28(48-9)33(27)40/h12-14,19-20,24-25,29-30,34H,15-18,21-22H2,1-11H3,(H,41,47)/b13-12+,23-14+/t24-,25+,29+,30?,34+,38+,39-/m1/s1. The molecule has 294 valence electrons. The van der Waals surface area contributed by atoms with E-state index in [4.69, 9.17) is 35.3 Å². The van der Waals surface area contributed by atoms with Crippen LogP contribution in [0.5, 0.6) is 5.75 Å². The third-order valence-corrected chi connectivity index (χ3v) is 12.7. The fourth-order valence-electron chi connectivity index (χ4n) is 6.83. The summed E-state index contributed by atoms with van der Waals surface area (Å²) < 4.78 is 29.7. The first-order chi connectivity index (χ1) is 24.8. The lowest BCUT2D eigenvalue weighted by atomic mass is 9.84. The van der Waals surface area contributed by atoms with Gasteiger partial charge in [-0.25, -0.2) is 9.59 Å². The Balaban J connectivity index is 1.71. The highest BCUT2D eigenvalue weighted by Crippen LogP contribution is 2.49. The number of benzene rings is 1. The molecule has 1 aromatic rings. The molecule has 4 bridgehead atoms. The number of carbonyl (C=O) groups is 4. The number of carbonyl (C=O) groups excluding carboxylic acids is 4. The first-order valence-corrected chi connectivity index (χ1v) is 19.6. The minimum absolute atomic E-state index is 0.0954. The van der Waals surface area contributed by atoms with Crippen molar-refractivity contribution in [3.63, 3.8) is 0 Å². The summed E-state index contributed by atoms with van der Waals surface area (Å²) in [7, 11) is 6.25. The van der Waals surface area contributed by atoms with Crippen molar-refractivity contribution in [2.45, 2.75) is 120 Å². The van der Waals surface area contributed by atoms with Crippen molar-refractivity contribution in [2.75, 3.05) is 39.5 Å². The van der Waals surface area contributed by atoms with Gasteiger partial charge in [-0.05, 0) is 57.6 Å². The van der Waals surface area contributed by atoms with Gasteiger partial charge in [0.15, 0.2) is 0 Å². The monoisotopic (exact) mass is 777 g/mol. The highest BCUT2D eigenvalue weighted by Gasteiger charge is 2.64. The maximum Gasteiger partial charge on any atom is 0.409 e. The number of ether oxygens (including phenoxy) is 5. The van der Waals surface area contributed by atoms with Crippen LogP contribution in [-0.4, -0.2) is 104 Å². The highest BCUT2D eigenvalue weighted by atomic mass is 35.5. The van der Waals surface area contributed by atoms with E-state index >= 15 is 0 Å². The summed E-state index contributed by atoms with van der Waals surface area (Å²) in [6.07, 6.45) is 6.89. The molecule has 12 nitrogen and oxygen atoms in total. The molecule has 0 saturated carbocycles. The van der Waals surface area contributed by atoms with E-state index in [0.29, 0.717) is 37.1 Å². The molecular weight excluding hydrogens is 722 g/mol. The maximum atomic E-state index is 14.2. The van der Waals surface area contributed by atoms with Gasteiger partial charge in [0.05, 0.1) is 25.3 Å². The summed E-state index contributed by atoms with van der Waals surface area (Å²) in [6.45, 7) is 11.4. The number of hydrogen-bond donors (Lipinski definition) is 1. The summed E-state index contributed by atoms with van der Waals surface area (Å²) in [5.74, 6) is -1.21. The Morgan fingerprint density at radius 2 is 1.94 bits per heavy atom. The number of likely N-dealkylation sites (N-methyl/N-ethyl adjacent to an activating group) is 1. The third kappa shape index (κ3) is 9.89. The van der Waals surface area contributed by atoms with Crippen LogP contribution < -0.4 is 15.0 Å². The Labute approximate surface area is 323 Å². The number of anilines is 1. The number of nitrogens with one attached hydrogen (secondary N) is 1. The van der Waals surface area contributed by atoms with Crippen LogP contribution in [0.2, 0.25) is 5.02 Å². The molecule has 14 heteroatoms. The Kier molecular flexibility index (Phi) is 13.7. The summed E-state index contributed by atoms with van der Waals surface area (Å²) in [4.78, 5) is 56.9.